The summed E-state index contributed by atoms with van der Waals surface area (Å²) in [6.07, 6.45) is 0.259. The standard InChI is InChI=1S/C9H14O4/c1-4-7(10)6(3)8(11)9(12)13-5-2/h11H,4-5H2,1-3H3/b8-6-. The van der Waals surface area contributed by atoms with E-state index in [2.05, 4.69) is 4.74 Å². The van der Waals surface area contributed by atoms with Crippen LogP contribution in [0.25, 0.3) is 0 Å². The Morgan fingerprint density at radius 3 is 2.23 bits per heavy atom. The third kappa shape index (κ3) is 3.27. The van der Waals surface area contributed by atoms with Crippen LogP contribution in [0.1, 0.15) is 27.2 Å². The molecule has 0 aromatic rings. The van der Waals surface area contributed by atoms with Crippen molar-refractivity contribution in [1.82, 2.24) is 0 Å². The maximum absolute atomic E-state index is 11.0. The van der Waals surface area contributed by atoms with E-state index in [9.17, 15) is 14.7 Å². The molecular weight excluding hydrogens is 172 g/mol. The van der Waals surface area contributed by atoms with Crippen LogP contribution in [-0.2, 0) is 14.3 Å². The summed E-state index contributed by atoms with van der Waals surface area (Å²) in [5.74, 6) is -1.69. The molecule has 0 aromatic heterocycles. The molecule has 0 aliphatic carbocycles. The smallest absolute Gasteiger partial charge is 0.373 e. The molecule has 0 aromatic carbocycles. The molecule has 0 saturated carbocycles. The first-order chi connectivity index (χ1) is 6.04. The summed E-state index contributed by atoms with van der Waals surface area (Å²) in [4.78, 5) is 22.0. The lowest BCUT2D eigenvalue weighted by Crippen LogP contribution is -2.12. The van der Waals surface area contributed by atoms with Gasteiger partial charge in [-0.05, 0) is 13.8 Å². The Bertz CT molecular complexity index is 240. The van der Waals surface area contributed by atoms with Crippen molar-refractivity contribution in [1.29, 1.82) is 0 Å². The Morgan fingerprint density at radius 2 is 1.85 bits per heavy atom. The van der Waals surface area contributed by atoms with E-state index >= 15 is 0 Å². The van der Waals surface area contributed by atoms with Gasteiger partial charge in [-0.2, -0.15) is 0 Å². The summed E-state index contributed by atoms with van der Waals surface area (Å²) in [5.41, 5.74) is 0.0564. The first-order valence-electron chi connectivity index (χ1n) is 4.14. The molecule has 0 rings (SSSR count). The maximum Gasteiger partial charge on any atom is 0.373 e. The fraction of sp³-hybridized carbons (Fsp3) is 0.556. The number of carbonyl (C=O) groups excluding carboxylic acids is 2. The van der Waals surface area contributed by atoms with Crippen molar-refractivity contribution in [2.45, 2.75) is 27.2 Å². The van der Waals surface area contributed by atoms with E-state index in [0.717, 1.165) is 0 Å². The number of aliphatic hydroxyl groups excluding tert-OH is 1. The van der Waals surface area contributed by atoms with Crippen LogP contribution in [0.4, 0.5) is 0 Å². The van der Waals surface area contributed by atoms with E-state index in [0.29, 0.717) is 0 Å². The minimum Gasteiger partial charge on any atom is -0.502 e. The topological polar surface area (TPSA) is 63.6 Å². The van der Waals surface area contributed by atoms with E-state index in [4.69, 9.17) is 0 Å². The van der Waals surface area contributed by atoms with E-state index in [1.807, 2.05) is 0 Å². The number of hydrogen-bond acceptors (Lipinski definition) is 4. The molecule has 0 spiro atoms. The number of Topliss-reactive ketones (excluding diaryl/α,β-unsaturated/α-hetero) is 1. The number of ketones is 1. The summed E-state index contributed by atoms with van der Waals surface area (Å²) in [6, 6.07) is 0. The summed E-state index contributed by atoms with van der Waals surface area (Å²) >= 11 is 0. The molecule has 0 atom stereocenters. The van der Waals surface area contributed by atoms with Gasteiger partial charge >= 0.3 is 5.97 Å². The lowest BCUT2D eigenvalue weighted by atomic mass is 10.1. The van der Waals surface area contributed by atoms with E-state index in [1.165, 1.54) is 6.92 Å². The lowest BCUT2D eigenvalue weighted by molar-refractivity contribution is -0.142. The van der Waals surface area contributed by atoms with Crippen molar-refractivity contribution in [2.75, 3.05) is 6.61 Å². The number of ether oxygens (including phenoxy) is 1. The molecule has 0 bridgehead atoms. The number of aliphatic hydroxyl groups is 1. The molecule has 74 valence electrons. The Kier molecular flexibility index (Phi) is 4.80. The molecule has 1 N–H and O–H groups in total. The fourth-order valence-electron chi connectivity index (χ4n) is 0.750. The van der Waals surface area contributed by atoms with Gasteiger partial charge in [0.2, 0.25) is 5.76 Å². The Hall–Kier alpha value is -1.32. The van der Waals surface area contributed by atoms with Gasteiger partial charge in [-0.1, -0.05) is 6.92 Å². The molecule has 0 heterocycles. The Labute approximate surface area is 77.2 Å². The molecule has 0 aliphatic heterocycles. The molecule has 4 nitrogen and oxygen atoms in total. The predicted molar refractivity (Wildman–Crippen MR) is 47.3 cm³/mol. The van der Waals surface area contributed by atoms with Crippen LogP contribution in [0, 0.1) is 0 Å². The molecule has 0 fully saturated rings. The summed E-state index contributed by atoms with van der Waals surface area (Å²) in [7, 11) is 0. The van der Waals surface area contributed by atoms with E-state index in [-0.39, 0.29) is 24.4 Å². The minimum absolute atomic E-state index is 0.0564. The minimum atomic E-state index is -0.846. The molecule has 0 saturated heterocycles. The van der Waals surface area contributed by atoms with Gasteiger partial charge < -0.3 is 9.84 Å². The third-order valence-corrected chi connectivity index (χ3v) is 1.56. The molecule has 0 radical (unpaired) electrons. The maximum atomic E-state index is 11.0. The predicted octanol–water partition coefficient (Wildman–Crippen LogP) is 1.36. The van der Waals surface area contributed by atoms with Gasteiger partial charge in [0, 0.05) is 12.0 Å². The van der Waals surface area contributed by atoms with Crippen LogP contribution in [0.3, 0.4) is 0 Å². The molecule has 0 amide bonds. The van der Waals surface area contributed by atoms with Crippen molar-refractivity contribution < 1.29 is 19.4 Å². The monoisotopic (exact) mass is 186 g/mol. The Morgan fingerprint density at radius 1 is 1.31 bits per heavy atom. The van der Waals surface area contributed by atoms with Crippen LogP contribution in [0.15, 0.2) is 11.3 Å². The van der Waals surface area contributed by atoms with Crippen molar-refractivity contribution in [2.24, 2.45) is 0 Å². The first kappa shape index (κ1) is 11.7. The second-order valence-electron chi connectivity index (χ2n) is 2.47. The number of carbonyl (C=O) groups is 2. The summed E-state index contributed by atoms with van der Waals surface area (Å²) < 4.78 is 4.52. The van der Waals surface area contributed by atoms with Crippen LogP contribution in [0.5, 0.6) is 0 Å². The molecule has 13 heavy (non-hydrogen) atoms. The summed E-state index contributed by atoms with van der Waals surface area (Å²) in [6.45, 7) is 4.86. The number of esters is 1. The highest BCUT2D eigenvalue weighted by atomic mass is 16.5. The average molecular weight is 186 g/mol. The van der Waals surface area contributed by atoms with Gasteiger partial charge in [-0.3, -0.25) is 4.79 Å². The Balaban J connectivity index is 4.60. The van der Waals surface area contributed by atoms with Crippen molar-refractivity contribution in [3.05, 3.63) is 11.3 Å². The van der Waals surface area contributed by atoms with Crippen LogP contribution in [0.2, 0.25) is 0 Å². The normalized spacial score (nSPS) is 11.9. The zero-order valence-corrected chi connectivity index (χ0v) is 8.09. The molecule has 4 heteroatoms. The second-order valence-corrected chi connectivity index (χ2v) is 2.47. The highest BCUT2D eigenvalue weighted by molar-refractivity contribution is 6.01. The van der Waals surface area contributed by atoms with Crippen molar-refractivity contribution in [3.8, 4) is 0 Å². The second kappa shape index (κ2) is 5.35. The summed E-state index contributed by atoms with van der Waals surface area (Å²) in [5, 5.41) is 9.20. The SMILES string of the molecule is CCOC(=O)/C(O)=C(\C)C(=O)CC. The van der Waals surface area contributed by atoms with Gasteiger partial charge in [0.15, 0.2) is 5.78 Å². The van der Waals surface area contributed by atoms with Gasteiger partial charge in [0.05, 0.1) is 6.61 Å². The number of rotatable bonds is 4. The van der Waals surface area contributed by atoms with Gasteiger partial charge in [-0.15, -0.1) is 0 Å². The third-order valence-electron chi connectivity index (χ3n) is 1.56. The number of allylic oxidation sites excluding steroid dienone is 1. The van der Waals surface area contributed by atoms with Crippen LogP contribution < -0.4 is 0 Å². The zero-order chi connectivity index (χ0) is 10.4. The van der Waals surface area contributed by atoms with E-state index < -0.39 is 11.7 Å². The van der Waals surface area contributed by atoms with Gasteiger partial charge in [0.1, 0.15) is 0 Å². The average Bonchev–Trinajstić information content (AvgIpc) is 2.14. The highest BCUT2D eigenvalue weighted by Gasteiger charge is 2.15. The fourth-order valence-corrected chi connectivity index (χ4v) is 0.750. The van der Waals surface area contributed by atoms with Crippen molar-refractivity contribution >= 4 is 11.8 Å². The van der Waals surface area contributed by atoms with Gasteiger partial charge in [-0.25, -0.2) is 4.79 Å². The quantitative estimate of drug-likeness (QED) is 0.409. The lowest BCUT2D eigenvalue weighted by Gasteiger charge is -2.03. The number of hydrogen-bond donors (Lipinski definition) is 1. The van der Waals surface area contributed by atoms with Crippen LogP contribution in [-0.4, -0.2) is 23.5 Å². The highest BCUT2D eigenvalue weighted by Crippen LogP contribution is 2.06. The molecular formula is C9H14O4. The van der Waals surface area contributed by atoms with Gasteiger partial charge in [0.25, 0.3) is 0 Å². The van der Waals surface area contributed by atoms with E-state index in [1.54, 1.807) is 13.8 Å². The first-order valence-corrected chi connectivity index (χ1v) is 4.14. The molecule has 0 unspecified atom stereocenters. The van der Waals surface area contributed by atoms with Crippen LogP contribution >= 0.6 is 0 Å². The largest absolute Gasteiger partial charge is 0.502 e. The van der Waals surface area contributed by atoms with Crippen molar-refractivity contribution in [3.63, 3.8) is 0 Å². The zero-order valence-electron chi connectivity index (χ0n) is 8.09. The molecule has 0 aliphatic rings.